The van der Waals surface area contributed by atoms with E-state index in [1.54, 1.807) is 0 Å². The van der Waals surface area contributed by atoms with Gasteiger partial charge in [0.25, 0.3) is 0 Å². The topological polar surface area (TPSA) is 66.3 Å². The van der Waals surface area contributed by atoms with Crippen LogP contribution >= 0.6 is 0 Å². The SMILES string of the molecule is CC(CCO)CNC(=O)NCCn1cccc1. The lowest BCUT2D eigenvalue weighted by atomic mass is 10.1. The van der Waals surface area contributed by atoms with E-state index in [1.807, 2.05) is 36.0 Å². The van der Waals surface area contributed by atoms with Crippen LogP contribution in [-0.4, -0.2) is 35.4 Å². The van der Waals surface area contributed by atoms with Crippen molar-refractivity contribution < 1.29 is 9.90 Å². The third-order valence-corrected chi connectivity index (χ3v) is 2.55. The molecule has 1 aromatic rings. The van der Waals surface area contributed by atoms with Gasteiger partial charge in [-0.15, -0.1) is 0 Å². The van der Waals surface area contributed by atoms with E-state index >= 15 is 0 Å². The minimum absolute atomic E-state index is 0.151. The Bertz CT molecular complexity index is 312. The molecule has 1 heterocycles. The number of rotatable bonds is 7. The third kappa shape index (κ3) is 5.97. The highest BCUT2D eigenvalue weighted by Crippen LogP contribution is 1.97. The second kappa shape index (κ2) is 7.73. The van der Waals surface area contributed by atoms with E-state index in [9.17, 15) is 4.79 Å². The average molecular weight is 239 g/mol. The second-order valence-corrected chi connectivity index (χ2v) is 4.18. The van der Waals surface area contributed by atoms with Gasteiger partial charge in [-0.05, 0) is 24.5 Å². The predicted octanol–water partition coefficient (Wildman–Crippen LogP) is 0.806. The van der Waals surface area contributed by atoms with Crippen molar-refractivity contribution in [3.8, 4) is 0 Å². The van der Waals surface area contributed by atoms with Gasteiger partial charge in [0.05, 0.1) is 0 Å². The van der Waals surface area contributed by atoms with Crippen molar-refractivity contribution in [3.63, 3.8) is 0 Å². The van der Waals surface area contributed by atoms with Gasteiger partial charge in [-0.3, -0.25) is 0 Å². The first kappa shape index (κ1) is 13.6. The maximum atomic E-state index is 11.4. The van der Waals surface area contributed by atoms with E-state index in [4.69, 9.17) is 5.11 Å². The highest BCUT2D eigenvalue weighted by Gasteiger charge is 2.03. The van der Waals surface area contributed by atoms with E-state index < -0.39 is 0 Å². The summed E-state index contributed by atoms with van der Waals surface area (Å²) in [6.07, 6.45) is 4.63. The Morgan fingerprint density at radius 3 is 2.71 bits per heavy atom. The fourth-order valence-corrected chi connectivity index (χ4v) is 1.47. The summed E-state index contributed by atoms with van der Waals surface area (Å²) in [6.45, 7) is 4.13. The summed E-state index contributed by atoms with van der Waals surface area (Å²) in [7, 11) is 0. The predicted molar refractivity (Wildman–Crippen MR) is 66.7 cm³/mol. The summed E-state index contributed by atoms with van der Waals surface area (Å²) in [4.78, 5) is 11.4. The molecule has 1 unspecified atom stereocenters. The van der Waals surface area contributed by atoms with Crippen LogP contribution in [-0.2, 0) is 6.54 Å². The monoisotopic (exact) mass is 239 g/mol. The average Bonchev–Trinajstić information content (AvgIpc) is 2.80. The molecule has 1 atom stereocenters. The first-order valence-corrected chi connectivity index (χ1v) is 5.95. The smallest absolute Gasteiger partial charge is 0.314 e. The molecule has 0 saturated carbocycles. The van der Waals surface area contributed by atoms with Crippen LogP contribution in [0, 0.1) is 5.92 Å². The van der Waals surface area contributed by atoms with Crippen LogP contribution < -0.4 is 10.6 Å². The lowest BCUT2D eigenvalue weighted by molar-refractivity contribution is 0.233. The number of carbonyl (C=O) groups is 1. The number of aromatic nitrogens is 1. The van der Waals surface area contributed by atoms with E-state index in [2.05, 4.69) is 10.6 Å². The normalized spacial score (nSPS) is 12.1. The number of hydrogen-bond donors (Lipinski definition) is 3. The molecule has 17 heavy (non-hydrogen) atoms. The van der Waals surface area contributed by atoms with E-state index in [-0.39, 0.29) is 12.6 Å². The molecule has 96 valence electrons. The summed E-state index contributed by atoms with van der Waals surface area (Å²) >= 11 is 0. The minimum atomic E-state index is -0.151. The molecular formula is C12H21N3O2. The van der Waals surface area contributed by atoms with Gasteiger partial charge in [-0.1, -0.05) is 6.92 Å². The first-order valence-electron chi connectivity index (χ1n) is 5.95. The van der Waals surface area contributed by atoms with Gasteiger partial charge < -0.3 is 20.3 Å². The van der Waals surface area contributed by atoms with Gasteiger partial charge in [0.2, 0.25) is 0 Å². The van der Waals surface area contributed by atoms with Crippen molar-refractivity contribution in [2.75, 3.05) is 19.7 Å². The van der Waals surface area contributed by atoms with Crippen molar-refractivity contribution in [1.29, 1.82) is 0 Å². The van der Waals surface area contributed by atoms with Gasteiger partial charge in [0.15, 0.2) is 0 Å². The number of amides is 2. The number of nitrogens with one attached hydrogen (secondary N) is 2. The number of hydrogen-bond acceptors (Lipinski definition) is 2. The molecule has 1 rings (SSSR count). The zero-order valence-corrected chi connectivity index (χ0v) is 10.2. The molecule has 0 saturated heterocycles. The Balaban J connectivity index is 2.05. The first-order chi connectivity index (χ1) is 8.22. The molecular weight excluding hydrogens is 218 g/mol. The highest BCUT2D eigenvalue weighted by atomic mass is 16.3. The summed E-state index contributed by atoms with van der Waals surface area (Å²) < 4.78 is 2.01. The Morgan fingerprint density at radius 2 is 2.06 bits per heavy atom. The van der Waals surface area contributed by atoms with Crippen LogP contribution in [0.4, 0.5) is 4.79 Å². The van der Waals surface area contributed by atoms with E-state index in [0.717, 1.165) is 6.54 Å². The van der Waals surface area contributed by atoms with Crippen LogP contribution in [0.5, 0.6) is 0 Å². The molecule has 0 aliphatic heterocycles. The maximum absolute atomic E-state index is 11.4. The Morgan fingerprint density at radius 1 is 1.35 bits per heavy atom. The number of aliphatic hydroxyl groups excluding tert-OH is 1. The fraction of sp³-hybridized carbons (Fsp3) is 0.583. The third-order valence-electron chi connectivity index (χ3n) is 2.55. The summed E-state index contributed by atoms with van der Waals surface area (Å²) in [6, 6.07) is 3.76. The van der Waals surface area contributed by atoms with Gasteiger partial charge in [0, 0.05) is 38.6 Å². The molecule has 0 bridgehead atoms. The van der Waals surface area contributed by atoms with Gasteiger partial charge >= 0.3 is 6.03 Å². The molecule has 0 fully saturated rings. The van der Waals surface area contributed by atoms with Crippen molar-refractivity contribution >= 4 is 6.03 Å². The number of nitrogens with zero attached hydrogens (tertiary/aromatic N) is 1. The van der Waals surface area contributed by atoms with Crippen LogP contribution in [0.1, 0.15) is 13.3 Å². The zero-order chi connectivity index (χ0) is 12.5. The second-order valence-electron chi connectivity index (χ2n) is 4.18. The summed E-state index contributed by atoms with van der Waals surface area (Å²) in [5.41, 5.74) is 0. The van der Waals surface area contributed by atoms with Crippen LogP contribution in [0.15, 0.2) is 24.5 Å². The maximum Gasteiger partial charge on any atom is 0.314 e. The molecule has 0 radical (unpaired) electrons. The van der Waals surface area contributed by atoms with Crippen LogP contribution in [0.25, 0.3) is 0 Å². The quantitative estimate of drug-likeness (QED) is 0.659. The largest absolute Gasteiger partial charge is 0.396 e. The molecule has 5 heteroatoms. The fourth-order valence-electron chi connectivity index (χ4n) is 1.47. The molecule has 0 aromatic carbocycles. The van der Waals surface area contributed by atoms with Gasteiger partial charge in [-0.2, -0.15) is 0 Å². The lowest BCUT2D eigenvalue weighted by Crippen LogP contribution is -2.39. The van der Waals surface area contributed by atoms with Gasteiger partial charge in [0.1, 0.15) is 0 Å². The molecule has 5 nitrogen and oxygen atoms in total. The zero-order valence-electron chi connectivity index (χ0n) is 10.2. The Labute approximate surface area is 102 Å². The van der Waals surface area contributed by atoms with Crippen molar-refractivity contribution in [2.24, 2.45) is 5.92 Å². The highest BCUT2D eigenvalue weighted by molar-refractivity contribution is 5.73. The number of urea groups is 1. The summed E-state index contributed by atoms with van der Waals surface area (Å²) in [5, 5.41) is 14.3. The number of aliphatic hydroxyl groups is 1. The van der Waals surface area contributed by atoms with Crippen LogP contribution in [0.2, 0.25) is 0 Å². The molecule has 1 aromatic heterocycles. The molecule has 0 aliphatic carbocycles. The number of carbonyl (C=O) groups excluding carboxylic acids is 1. The molecule has 0 aliphatic rings. The molecule has 3 N–H and O–H groups in total. The van der Waals surface area contributed by atoms with Crippen molar-refractivity contribution in [3.05, 3.63) is 24.5 Å². The lowest BCUT2D eigenvalue weighted by Gasteiger charge is -2.12. The molecule has 2 amide bonds. The Kier molecular flexibility index (Phi) is 6.17. The van der Waals surface area contributed by atoms with Crippen molar-refractivity contribution in [2.45, 2.75) is 19.9 Å². The van der Waals surface area contributed by atoms with Crippen LogP contribution in [0.3, 0.4) is 0 Å². The standard InChI is InChI=1S/C12H21N3O2/c1-11(4-9-16)10-14-12(17)13-5-8-15-6-2-3-7-15/h2-3,6-7,11,16H,4-5,8-10H2,1H3,(H2,13,14,17). The summed E-state index contributed by atoms with van der Waals surface area (Å²) in [5.74, 6) is 0.301. The molecule has 0 spiro atoms. The van der Waals surface area contributed by atoms with Gasteiger partial charge in [-0.25, -0.2) is 4.79 Å². The van der Waals surface area contributed by atoms with E-state index in [0.29, 0.717) is 25.4 Å². The minimum Gasteiger partial charge on any atom is -0.396 e. The van der Waals surface area contributed by atoms with Crippen molar-refractivity contribution in [1.82, 2.24) is 15.2 Å². The Hall–Kier alpha value is -1.49. The van der Waals surface area contributed by atoms with E-state index in [1.165, 1.54) is 0 Å².